The van der Waals surface area contributed by atoms with Gasteiger partial charge < -0.3 is 15.1 Å². The number of piperidine rings is 1. The number of hydrogen-bond donors (Lipinski definition) is 2. The Morgan fingerprint density at radius 2 is 1.88 bits per heavy atom. The average molecular weight is 340 g/mol. The van der Waals surface area contributed by atoms with Crippen LogP contribution < -0.4 is 4.90 Å². The Hall–Kier alpha value is -2.40. The fourth-order valence-corrected chi connectivity index (χ4v) is 3.71. The summed E-state index contributed by atoms with van der Waals surface area (Å²) in [6, 6.07) is 13.5. The predicted octanol–water partition coefficient (Wildman–Crippen LogP) is 2.58. The van der Waals surface area contributed by atoms with Crippen molar-refractivity contribution in [3.8, 4) is 0 Å². The summed E-state index contributed by atoms with van der Waals surface area (Å²) in [4.78, 5) is 18.7. The summed E-state index contributed by atoms with van der Waals surface area (Å²) in [6.45, 7) is 4.78. The molecule has 1 aromatic heterocycles. The van der Waals surface area contributed by atoms with Crippen LogP contribution in [-0.4, -0.2) is 40.4 Å². The second kappa shape index (κ2) is 6.84. The van der Waals surface area contributed by atoms with E-state index in [1.807, 2.05) is 56.3 Å². The number of carboxylic acids is 1. The number of carboxylic acid groups (broad SMARTS) is 1. The van der Waals surface area contributed by atoms with Gasteiger partial charge in [-0.15, -0.1) is 0 Å². The van der Waals surface area contributed by atoms with Crippen molar-refractivity contribution in [2.24, 2.45) is 5.41 Å². The molecule has 2 atom stereocenters. The fraction of sp³-hybridized carbons (Fsp3) is 0.400. The summed E-state index contributed by atoms with van der Waals surface area (Å²) >= 11 is 0. The smallest absolute Gasteiger partial charge is 0.314 e. The highest BCUT2D eigenvalue weighted by molar-refractivity contribution is 5.77. The van der Waals surface area contributed by atoms with Gasteiger partial charge in [0, 0.05) is 30.2 Å². The minimum atomic E-state index is -1.22. The molecule has 2 heterocycles. The molecule has 3 rings (SSSR count). The number of carbonyl (C=O) groups is 1. The summed E-state index contributed by atoms with van der Waals surface area (Å²) in [7, 11) is 0. The predicted molar refractivity (Wildman–Crippen MR) is 96.8 cm³/mol. The van der Waals surface area contributed by atoms with Gasteiger partial charge in [0.05, 0.1) is 6.10 Å². The standard InChI is InChI=1S/C20H24N2O3/c1-14-10-17(11-15(2)21-14)22-9-8-18(23)20(13-22,19(24)25)12-16-6-4-3-5-7-16/h3-7,10-11,18,23H,8-9,12-13H2,1-2H3,(H,24,25)/t18-,20-/m0/s1. The molecule has 1 aliphatic heterocycles. The third-order valence-corrected chi connectivity index (χ3v) is 5.00. The number of aliphatic hydroxyl groups excluding tert-OH is 1. The van der Waals surface area contributed by atoms with Crippen molar-refractivity contribution in [2.45, 2.75) is 32.8 Å². The van der Waals surface area contributed by atoms with Gasteiger partial charge in [-0.25, -0.2) is 0 Å². The van der Waals surface area contributed by atoms with E-state index >= 15 is 0 Å². The molecule has 1 aliphatic rings. The molecule has 1 saturated heterocycles. The van der Waals surface area contributed by atoms with Gasteiger partial charge in [0.1, 0.15) is 5.41 Å². The van der Waals surface area contributed by atoms with E-state index in [-0.39, 0.29) is 6.54 Å². The fourth-order valence-electron chi connectivity index (χ4n) is 3.71. The number of pyridine rings is 1. The van der Waals surface area contributed by atoms with Gasteiger partial charge in [0.2, 0.25) is 0 Å². The maximum absolute atomic E-state index is 12.2. The summed E-state index contributed by atoms with van der Waals surface area (Å²) in [5.41, 5.74) is 2.49. The normalized spacial score (nSPS) is 23.5. The van der Waals surface area contributed by atoms with Gasteiger partial charge in [-0.2, -0.15) is 0 Å². The number of anilines is 1. The van der Waals surface area contributed by atoms with Crippen LogP contribution in [0.3, 0.4) is 0 Å². The topological polar surface area (TPSA) is 73.7 Å². The summed E-state index contributed by atoms with van der Waals surface area (Å²) < 4.78 is 0. The van der Waals surface area contributed by atoms with E-state index in [1.165, 1.54) is 0 Å². The zero-order valence-corrected chi connectivity index (χ0v) is 14.6. The zero-order valence-electron chi connectivity index (χ0n) is 14.6. The Morgan fingerprint density at radius 3 is 2.48 bits per heavy atom. The van der Waals surface area contributed by atoms with Gasteiger partial charge in [-0.1, -0.05) is 30.3 Å². The molecule has 25 heavy (non-hydrogen) atoms. The second-order valence-electron chi connectivity index (χ2n) is 6.96. The van der Waals surface area contributed by atoms with E-state index in [2.05, 4.69) is 9.88 Å². The van der Waals surface area contributed by atoms with E-state index in [9.17, 15) is 15.0 Å². The molecule has 0 unspecified atom stereocenters. The maximum Gasteiger partial charge on any atom is 0.314 e. The van der Waals surface area contributed by atoms with Crippen LogP contribution >= 0.6 is 0 Å². The monoisotopic (exact) mass is 340 g/mol. The third-order valence-electron chi connectivity index (χ3n) is 5.00. The first kappa shape index (κ1) is 17.4. The van der Waals surface area contributed by atoms with Crippen molar-refractivity contribution < 1.29 is 15.0 Å². The SMILES string of the molecule is Cc1cc(N2CC[C@H](O)[C@@](Cc3ccccc3)(C(=O)O)C2)cc(C)n1. The molecule has 0 amide bonds. The highest BCUT2D eigenvalue weighted by atomic mass is 16.4. The molecule has 2 aromatic rings. The lowest BCUT2D eigenvalue weighted by molar-refractivity contribution is -0.157. The first-order valence-corrected chi connectivity index (χ1v) is 8.56. The number of aryl methyl sites for hydroxylation is 2. The van der Waals surface area contributed by atoms with Crippen molar-refractivity contribution in [3.63, 3.8) is 0 Å². The lowest BCUT2D eigenvalue weighted by Crippen LogP contribution is -2.57. The first-order chi connectivity index (χ1) is 11.9. The summed E-state index contributed by atoms with van der Waals surface area (Å²) in [6.07, 6.45) is -0.130. The second-order valence-corrected chi connectivity index (χ2v) is 6.96. The lowest BCUT2D eigenvalue weighted by Gasteiger charge is -2.44. The van der Waals surface area contributed by atoms with Crippen LogP contribution in [0, 0.1) is 19.3 Å². The third kappa shape index (κ3) is 3.51. The Balaban J connectivity index is 1.94. The number of rotatable bonds is 4. The van der Waals surface area contributed by atoms with Crippen LogP contribution in [0.15, 0.2) is 42.5 Å². The molecule has 0 radical (unpaired) electrons. The van der Waals surface area contributed by atoms with Crippen molar-refractivity contribution in [3.05, 3.63) is 59.4 Å². The number of aromatic nitrogens is 1. The van der Waals surface area contributed by atoms with Crippen LogP contribution in [0.1, 0.15) is 23.4 Å². The largest absolute Gasteiger partial charge is 0.481 e. The molecule has 1 aromatic carbocycles. The Morgan fingerprint density at radius 1 is 1.24 bits per heavy atom. The highest BCUT2D eigenvalue weighted by Crippen LogP contribution is 2.36. The Kier molecular flexibility index (Phi) is 4.77. The summed E-state index contributed by atoms with van der Waals surface area (Å²) in [5.74, 6) is -0.948. The molecule has 0 spiro atoms. The van der Waals surface area contributed by atoms with Crippen LogP contribution in [0.4, 0.5) is 5.69 Å². The average Bonchev–Trinajstić information content (AvgIpc) is 2.56. The van der Waals surface area contributed by atoms with E-state index in [0.717, 1.165) is 22.6 Å². The highest BCUT2D eigenvalue weighted by Gasteiger charge is 2.49. The molecular formula is C20H24N2O3. The van der Waals surface area contributed by atoms with Gasteiger partial charge in [-0.3, -0.25) is 9.78 Å². The van der Waals surface area contributed by atoms with E-state index in [4.69, 9.17) is 0 Å². The molecule has 5 nitrogen and oxygen atoms in total. The van der Waals surface area contributed by atoms with Gasteiger partial charge in [0.25, 0.3) is 0 Å². The number of aliphatic carboxylic acids is 1. The van der Waals surface area contributed by atoms with Gasteiger partial charge >= 0.3 is 5.97 Å². The van der Waals surface area contributed by atoms with E-state index < -0.39 is 17.5 Å². The van der Waals surface area contributed by atoms with Crippen molar-refractivity contribution in [1.82, 2.24) is 4.98 Å². The Bertz CT molecular complexity index is 743. The first-order valence-electron chi connectivity index (χ1n) is 8.56. The maximum atomic E-state index is 12.2. The number of benzene rings is 1. The lowest BCUT2D eigenvalue weighted by atomic mass is 9.72. The van der Waals surface area contributed by atoms with Crippen LogP contribution in [0.25, 0.3) is 0 Å². The quantitative estimate of drug-likeness (QED) is 0.895. The molecule has 0 bridgehead atoms. The van der Waals surface area contributed by atoms with Crippen molar-refractivity contribution >= 4 is 11.7 Å². The number of nitrogens with zero attached hydrogens (tertiary/aromatic N) is 2. The van der Waals surface area contributed by atoms with E-state index in [0.29, 0.717) is 19.4 Å². The number of aliphatic hydroxyl groups is 1. The van der Waals surface area contributed by atoms with Gasteiger partial charge in [-0.05, 0) is 44.4 Å². The minimum absolute atomic E-state index is 0.279. The number of hydrogen-bond acceptors (Lipinski definition) is 4. The Labute approximate surface area is 147 Å². The molecule has 0 aliphatic carbocycles. The van der Waals surface area contributed by atoms with Crippen LogP contribution in [0.2, 0.25) is 0 Å². The summed E-state index contributed by atoms with van der Waals surface area (Å²) in [5, 5.41) is 20.6. The van der Waals surface area contributed by atoms with Crippen LogP contribution in [0.5, 0.6) is 0 Å². The van der Waals surface area contributed by atoms with Crippen molar-refractivity contribution in [1.29, 1.82) is 0 Å². The van der Waals surface area contributed by atoms with Crippen LogP contribution in [-0.2, 0) is 11.2 Å². The molecule has 132 valence electrons. The molecule has 0 saturated carbocycles. The molecule has 2 N–H and O–H groups in total. The molecule has 5 heteroatoms. The molecule has 1 fully saturated rings. The van der Waals surface area contributed by atoms with Crippen molar-refractivity contribution in [2.75, 3.05) is 18.0 Å². The molecular weight excluding hydrogens is 316 g/mol. The minimum Gasteiger partial charge on any atom is -0.481 e. The van der Waals surface area contributed by atoms with E-state index in [1.54, 1.807) is 0 Å². The van der Waals surface area contributed by atoms with Gasteiger partial charge in [0.15, 0.2) is 0 Å². The zero-order chi connectivity index (χ0) is 18.0.